The van der Waals surface area contributed by atoms with Crippen molar-refractivity contribution in [2.75, 3.05) is 32.7 Å². The predicted octanol–water partition coefficient (Wildman–Crippen LogP) is 3.76. The molecule has 0 unspecified atom stereocenters. The van der Waals surface area contributed by atoms with Gasteiger partial charge in [-0.3, -0.25) is 4.90 Å². The molecule has 2 aromatic rings. The van der Waals surface area contributed by atoms with E-state index in [9.17, 15) is 8.78 Å². The summed E-state index contributed by atoms with van der Waals surface area (Å²) in [5.41, 5.74) is 2.45. The Morgan fingerprint density at radius 1 is 1.00 bits per heavy atom. The molecule has 6 heteroatoms. The van der Waals surface area contributed by atoms with Crippen LogP contribution in [0, 0.1) is 17.6 Å². The van der Waals surface area contributed by atoms with E-state index in [0.29, 0.717) is 30.6 Å². The average molecular weight is 409 g/mol. The summed E-state index contributed by atoms with van der Waals surface area (Å²) in [5.74, 6) is -0.563. The van der Waals surface area contributed by atoms with Crippen LogP contribution >= 0.6 is 0 Å². The van der Waals surface area contributed by atoms with Crippen molar-refractivity contribution in [1.29, 1.82) is 0 Å². The first-order valence-corrected chi connectivity index (χ1v) is 10.9. The van der Waals surface area contributed by atoms with E-state index in [0.717, 1.165) is 50.5 Å². The Kier molecular flexibility index (Phi) is 4.13. The van der Waals surface area contributed by atoms with Crippen molar-refractivity contribution < 1.29 is 13.5 Å². The van der Waals surface area contributed by atoms with Gasteiger partial charge >= 0.3 is 0 Å². The number of ether oxygens (including phenoxy) is 1. The molecule has 2 bridgehead atoms. The van der Waals surface area contributed by atoms with Crippen LogP contribution in [0.25, 0.3) is 0 Å². The average Bonchev–Trinajstić information content (AvgIpc) is 3.17. The van der Waals surface area contributed by atoms with Gasteiger partial charge in [0.05, 0.1) is 12.6 Å². The van der Waals surface area contributed by atoms with Crippen molar-refractivity contribution >= 4 is 6.02 Å². The third-order valence-electron chi connectivity index (χ3n) is 7.39. The van der Waals surface area contributed by atoms with Crippen LogP contribution in [-0.4, -0.2) is 54.1 Å². The van der Waals surface area contributed by atoms with Crippen LogP contribution in [0.4, 0.5) is 8.78 Å². The molecule has 0 radical (unpaired) electrons. The van der Waals surface area contributed by atoms with E-state index < -0.39 is 11.6 Å². The first-order chi connectivity index (χ1) is 14.6. The summed E-state index contributed by atoms with van der Waals surface area (Å²) in [5, 5.41) is 0. The van der Waals surface area contributed by atoms with Gasteiger partial charge < -0.3 is 9.64 Å². The van der Waals surface area contributed by atoms with Gasteiger partial charge in [-0.1, -0.05) is 30.3 Å². The first kappa shape index (κ1) is 18.3. The molecule has 5 heterocycles. The van der Waals surface area contributed by atoms with Gasteiger partial charge in [-0.05, 0) is 49.5 Å². The Hall–Kier alpha value is -2.47. The highest BCUT2D eigenvalue weighted by molar-refractivity contribution is 5.78. The molecule has 5 aliphatic rings. The van der Waals surface area contributed by atoms with Crippen LogP contribution in [0.3, 0.4) is 0 Å². The number of hydrogen-bond donors (Lipinski definition) is 0. The maximum atomic E-state index is 14.9. The zero-order valence-electron chi connectivity index (χ0n) is 16.9. The monoisotopic (exact) mass is 409 g/mol. The van der Waals surface area contributed by atoms with Crippen LogP contribution in [0.5, 0.6) is 0 Å². The maximum absolute atomic E-state index is 14.9. The van der Waals surface area contributed by atoms with Gasteiger partial charge in [-0.2, -0.15) is 0 Å². The number of piperidine rings is 3. The van der Waals surface area contributed by atoms with Gasteiger partial charge in [-0.15, -0.1) is 0 Å². The Morgan fingerprint density at radius 2 is 1.83 bits per heavy atom. The summed E-state index contributed by atoms with van der Waals surface area (Å²) in [7, 11) is 0. The molecule has 3 saturated heterocycles. The number of aliphatic imine (C=N–C) groups is 1. The van der Waals surface area contributed by atoms with Crippen molar-refractivity contribution in [2.24, 2.45) is 10.9 Å². The van der Waals surface area contributed by atoms with Crippen molar-refractivity contribution in [1.82, 2.24) is 9.80 Å². The topological polar surface area (TPSA) is 28.1 Å². The van der Waals surface area contributed by atoms with Crippen LogP contribution in [0.2, 0.25) is 0 Å². The molecule has 1 spiro atoms. The smallest absolute Gasteiger partial charge is 0.288 e. The molecule has 0 aliphatic carbocycles. The number of halogens is 2. The lowest BCUT2D eigenvalue weighted by Crippen LogP contribution is -2.61. The van der Waals surface area contributed by atoms with Gasteiger partial charge in [0.15, 0.2) is 0 Å². The van der Waals surface area contributed by atoms with Gasteiger partial charge in [0.25, 0.3) is 6.02 Å². The molecular formula is C24H25F2N3O. The molecule has 5 aliphatic heterocycles. The number of rotatable bonds is 1. The minimum Gasteiger partial charge on any atom is -0.455 e. The molecule has 3 fully saturated rings. The summed E-state index contributed by atoms with van der Waals surface area (Å²) in [6.07, 6.45) is 3.16. The van der Waals surface area contributed by atoms with Gasteiger partial charge in [0.1, 0.15) is 17.2 Å². The number of fused-ring (bicyclic) bond motifs is 3. The molecule has 2 aromatic carbocycles. The Bertz CT molecular complexity index is 1020. The van der Waals surface area contributed by atoms with Crippen molar-refractivity contribution in [2.45, 2.75) is 30.9 Å². The lowest BCUT2D eigenvalue weighted by atomic mass is 9.75. The molecule has 30 heavy (non-hydrogen) atoms. The number of nitrogens with zero attached hydrogens (tertiary/aromatic N) is 3. The summed E-state index contributed by atoms with van der Waals surface area (Å²) in [6, 6.07) is 12.2. The number of hydrogen-bond acceptors (Lipinski definition) is 4. The molecule has 4 nitrogen and oxygen atoms in total. The fraction of sp³-hybridized carbons (Fsp3) is 0.458. The fourth-order valence-corrected chi connectivity index (χ4v) is 5.85. The number of amidine groups is 1. The number of benzene rings is 2. The van der Waals surface area contributed by atoms with E-state index in [2.05, 4.69) is 15.9 Å². The van der Waals surface area contributed by atoms with Gasteiger partial charge in [-0.25, -0.2) is 13.8 Å². The summed E-state index contributed by atoms with van der Waals surface area (Å²) < 4.78 is 35.2. The molecular weight excluding hydrogens is 384 g/mol. The summed E-state index contributed by atoms with van der Waals surface area (Å²) >= 11 is 0. The molecule has 0 saturated carbocycles. The van der Waals surface area contributed by atoms with Crippen molar-refractivity contribution in [3.63, 3.8) is 0 Å². The molecule has 0 N–H and O–H groups in total. The summed E-state index contributed by atoms with van der Waals surface area (Å²) in [4.78, 5) is 9.41. The molecule has 0 aromatic heterocycles. The Balaban J connectivity index is 1.38. The normalized spacial score (nSPS) is 32.1. The van der Waals surface area contributed by atoms with Crippen molar-refractivity contribution in [3.8, 4) is 0 Å². The third-order valence-corrected chi connectivity index (χ3v) is 7.39. The predicted molar refractivity (Wildman–Crippen MR) is 110 cm³/mol. The zero-order chi connectivity index (χ0) is 20.3. The highest BCUT2D eigenvalue weighted by atomic mass is 19.1. The highest BCUT2D eigenvalue weighted by Crippen LogP contribution is 2.44. The highest BCUT2D eigenvalue weighted by Gasteiger charge is 2.53. The largest absolute Gasteiger partial charge is 0.455 e. The maximum Gasteiger partial charge on any atom is 0.288 e. The van der Waals surface area contributed by atoms with E-state index in [4.69, 9.17) is 9.73 Å². The summed E-state index contributed by atoms with van der Waals surface area (Å²) in [6.45, 7) is 4.57. The third kappa shape index (κ3) is 2.77. The second-order valence-electron chi connectivity index (χ2n) is 9.03. The SMILES string of the molecule is Fc1ccc([C@H]2c3ccccc3CCN2C2=NC[C@]3(CN4CCC3CC4)O2)c(F)c1. The van der Waals surface area contributed by atoms with Crippen LogP contribution in [0.15, 0.2) is 47.5 Å². The van der Waals surface area contributed by atoms with E-state index >= 15 is 0 Å². The molecule has 0 amide bonds. The minimum absolute atomic E-state index is 0.241. The molecule has 156 valence electrons. The lowest BCUT2D eigenvalue weighted by Gasteiger charge is -2.50. The first-order valence-electron chi connectivity index (χ1n) is 10.9. The van der Waals surface area contributed by atoms with Gasteiger partial charge in [0, 0.05) is 30.6 Å². The standard InChI is InChI=1S/C24H25F2N3O/c25-18-5-6-20(21(26)13-18)22-19-4-2-1-3-16(19)7-12-29(22)23-27-14-24(30-23)15-28-10-8-17(24)9-11-28/h1-6,13,17,22H,7-12,14-15H2/t22-,24-/m1/s1. The van der Waals surface area contributed by atoms with E-state index in [1.54, 1.807) is 6.07 Å². The zero-order valence-corrected chi connectivity index (χ0v) is 16.9. The molecule has 2 atom stereocenters. The van der Waals surface area contributed by atoms with E-state index in [-0.39, 0.29) is 11.6 Å². The quantitative estimate of drug-likeness (QED) is 0.718. The second-order valence-corrected chi connectivity index (χ2v) is 9.03. The Labute approximate surface area is 175 Å². The lowest BCUT2D eigenvalue weighted by molar-refractivity contribution is -0.0895. The minimum atomic E-state index is -0.562. The Morgan fingerprint density at radius 3 is 2.60 bits per heavy atom. The van der Waals surface area contributed by atoms with E-state index in [1.165, 1.54) is 11.6 Å². The van der Waals surface area contributed by atoms with Crippen LogP contribution in [0.1, 0.15) is 35.6 Å². The van der Waals surface area contributed by atoms with Gasteiger partial charge in [0.2, 0.25) is 0 Å². The fourth-order valence-electron chi connectivity index (χ4n) is 5.85. The van der Waals surface area contributed by atoms with Crippen LogP contribution < -0.4 is 0 Å². The molecule has 7 rings (SSSR count). The second kappa shape index (κ2) is 6.77. The van der Waals surface area contributed by atoms with Crippen LogP contribution in [-0.2, 0) is 11.2 Å². The van der Waals surface area contributed by atoms with E-state index in [1.807, 2.05) is 18.2 Å². The van der Waals surface area contributed by atoms with Crippen molar-refractivity contribution in [3.05, 3.63) is 70.8 Å².